The van der Waals surface area contributed by atoms with Gasteiger partial charge in [-0.05, 0) is 38.3 Å². The Morgan fingerprint density at radius 3 is 2.70 bits per heavy atom. The number of nitrogens with zero attached hydrogens (tertiary/aromatic N) is 2. The van der Waals surface area contributed by atoms with E-state index >= 15 is 0 Å². The Morgan fingerprint density at radius 1 is 1.30 bits per heavy atom. The Balaban J connectivity index is 1.74. The van der Waals surface area contributed by atoms with E-state index in [1.54, 1.807) is 4.90 Å². The van der Waals surface area contributed by atoms with Crippen LogP contribution >= 0.6 is 0 Å². The van der Waals surface area contributed by atoms with Crippen LogP contribution in [0.3, 0.4) is 0 Å². The van der Waals surface area contributed by atoms with E-state index in [1.165, 1.54) is 12.6 Å². The number of para-hydroxylation sites is 1. The first-order valence-corrected chi connectivity index (χ1v) is 8.48. The first-order valence-electron chi connectivity index (χ1n) is 8.48. The Bertz CT molecular complexity index is 518. The largest absolute Gasteiger partial charge is 0.372 e. The number of carbonyl (C=O) groups excluding carboxylic acids is 2. The molecule has 1 saturated heterocycles. The van der Waals surface area contributed by atoms with Gasteiger partial charge in [-0.1, -0.05) is 18.2 Å². The van der Waals surface area contributed by atoms with E-state index in [0.717, 1.165) is 32.4 Å². The normalized spacial score (nSPS) is 17.1. The molecule has 0 bridgehead atoms. The molecular weight excluding hydrogens is 290 g/mol. The molecule has 0 radical (unpaired) electrons. The van der Waals surface area contributed by atoms with Crippen molar-refractivity contribution in [2.75, 3.05) is 31.1 Å². The molecule has 2 rings (SSSR count). The minimum Gasteiger partial charge on any atom is -0.372 e. The lowest BCUT2D eigenvalue weighted by molar-refractivity contribution is -0.136. The maximum absolute atomic E-state index is 12.2. The topological polar surface area (TPSA) is 52.7 Å². The molecule has 1 unspecified atom stereocenters. The highest BCUT2D eigenvalue weighted by atomic mass is 16.2. The zero-order valence-electron chi connectivity index (χ0n) is 14.1. The second-order valence-corrected chi connectivity index (χ2v) is 5.93. The smallest absolute Gasteiger partial charge is 0.242 e. The van der Waals surface area contributed by atoms with Gasteiger partial charge >= 0.3 is 0 Å². The highest BCUT2D eigenvalue weighted by Gasteiger charge is 2.31. The van der Waals surface area contributed by atoms with Crippen LogP contribution in [0.2, 0.25) is 0 Å². The summed E-state index contributed by atoms with van der Waals surface area (Å²) in [4.78, 5) is 27.7. The molecule has 1 aliphatic rings. The average Bonchev–Trinajstić information content (AvgIpc) is 3.05. The van der Waals surface area contributed by atoms with Crippen LogP contribution < -0.4 is 10.2 Å². The lowest BCUT2D eigenvalue weighted by Gasteiger charge is -2.24. The molecule has 1 aromatic carbocycles. The molecule has 23 heavy (non-hydrogen) atoms. The Hall–Kier alpha value is -2.04. The summed E-state index contributed by atoms with van der Waals surface area (Å²) in [6.07, 6.45) is 2.58. The second kappa shape index (κ2) is 8.56. The fourth-order valence-corrected chi connectivity index (χ4v) is 3.12. The van der Waals surface area contributed by atoms with Gasteiger partial charge in [-0.15, -0.1) is 0 Å². The molecule has 0 saturated carbocycles. The maximum Gasteiger partial charge on any atom is 0.242 e. The quantitative estimate of drug-likeness (QED) is 0.783. The molecule has 0 aliphatic carbocycles. The number of nitrogens with one attached hydrogen (secondary N) is 1. The van der Waals surface area contributed by atoms with Crippen molar-refractivity contribution in [3.05, 3.63) is 30.3 Å². The zero-order valence-corrected chi connectivity index (χ0v) is 14.1. The number of benzene rings is 1. The van der Waals surface area contributed by atoms with Crippen LogP contribution in [0.25, 0.3) is 0 Å². The molecule has 1 heterocycles. The molecule has 1 fully saturated rings. The van der Waals surface area contributed by atoms with Crippen molar-refractivity contribution in [1.82, 2.24) is 10.2 Å². The van der Waals surface area contributed by atoms with Gasteiger partial charge in [-0.2, -0.15) is 0 Å². The molecular formula is C18H27N3O2. The molecule has 5 nitrogen and oxygen atoms in total. The lowest BCUT2D eigenvalue weighted by atomic mass is 10.2. The van der Waals surface area contributed by atoms with E-state index in [1.807, 2.05) is 18.2 Å². The molecule has 2 amide bonds. The Kier molecular flexibility index (Phi) is 6.44. The van der Waals surface area contributed by atoms with E-state index < -0.39 is 0 Å². The fraction of sp³-hybridized carbons (Fsp3) is 0.556. The maximum atomic E-state index is 12.2. The number of hydrogen-bond acceptors (Lipinski definition) is 3. The van der Waals surface area contributed by atoms with Gasteiger partial charge in [0.15, 0.2) is 0 Å². The molecule has 1 aliphatic heterocycles. The number of hydrogen-bond donors (Lipinski definition) is 1. The first-order chi connectivity index (χ1) is 11.1. The van der Waals surface area contributed by atoms with Crippen molar-refractivity contribution < 1.29 is 9.59 Å². The van der Waals surface area contributed by atoms with Gasteiger partial charge in [0.1, 0.15) is 6.04 Å². The van der Waals surface area contributed by atoms with Gasteiger partial charge < -0.3 is 15.1 Å². The van der Waals surface area contributed by atoms with E-state index in [2.05, 4.69) is 29.3 Å². The van der Waals surface area contributed by atoms with Crippen LogP contribution in [0, 0.1) is 0 Å². The summed E-state index contributed by atoms with van der Waals surface area (Å²) < 4.78 is 0. The molecule has 1 atom stereocenters. The highest BCUT2D eigenvalue weighted by molar-refractivity contribution is 5.87. The van der Waals surface area contributed by atoms with Gasteiger partial charge in [-0.3, -0.25) is 9.59 Å². The first kappa shape index (κ1) is 17.3. The third kappa shape index (κ3) is 4.71. The summed E-state index contributed by atoms with van der Waals surface area (Å²) in [6, 6.07) is 10.0. The van der Waals surface area contributed by atoms with Crippen LogP contribution in [-0.2, 0) is 9.59 Å². The summed E-state index contributed by atoms with van der Waals surface area (Å²) in [5, 5.41) is 2.98. The monoisotopic (exact) mass is 317 g/mol. The van der Waals surface area contributed by atoms with E-state index in [9.17, 15) is 9.59 Å². The summed E-state index contributed by atoms with van der Waals surface area (Å²) in [6.45, 7) is 6.86. The third-order valence-electron chi connectivity index (χ3n) is 4.37. The summed E-state index contributed by atoms with van der Waals surface area (Å²) >= 11 is 0. The number of carbonyl (C=O) groups is 2. The molecule has 0 aromatic heterocycles. The van der Waals surface area contributed by atoms with Crippen molar-refractivity contribution in [3.8, 4) is 0 Å². The predicted molar refractivity (Wildman–Crippen MR) is 92.4 cm³/mol. The second-order valence-electron chi connectivity index (χ2n) is 5.93. The van der Waals surface area contributed by atoms with Crippen LogP contribution in [-0.4, -0.2) is 48.9 Å². The van der Waals surface area contributed by atoms with Crippen LogP contribution in [0.15, 0.2) is 30.3 Å². The minimum absolute atomic E-state index is 0.0103. The van der Waals surface area contributed by atoms with Gasteiger partial charge in [0.2, 0.25) is 11.8 Å². The van der Waals surface area contributed by atoms with Crippen LogP contribution in [0.5, 0.6) is 0 Å². The average molecular weight is 317 g/mol. The molecule has 5 heteroatoms. The number of likely N-dealkylation sites (tertiary alicyclic amines) is 1. The molecule has 0 spiro atoms. The lowest BCUT2D eigenvalue weighted by Crippen LogP contribution is -2.45. The minimum atomic E-state index is -0.274. The molecule has 1 N–H and O–H groups in total. The predicted octanol–water partition coefficient (Wildman–Crippen LogP) is 2.03. The van der Waals surface area contributed by atoms with E-state index in [4.69, 9.17) is 0 Å². The van der Waals surface area contributed by atoms with Crippen molar-refractivity contribution in [3.63, 3.8) is 0 Å². The van der Waals surface area contributed by atoms with Gasteiger partial charge in [0.25, 0.3) is 0 Å². The standard InChI is InChI=1S/C18H27N3O2/c1-3-20(16-9-5-4-6-10-16)13-8-12-19-18(23)17-11-7-14-21(17)15(2)22/h4-6,9-10,17H,3,7-8,11-14H2,1-2H3,(H,19,23). The number of anilines is 1. The van der Waals surface area contributed by atoms with Gasteiger partial charge in [0.05, 0.1) is 0 Å². The van der Waals surface area contributed by atoms with Crippen molar-refractivity contribution >= 4 is 17.5 Å². The zero-order chi connectivity index (χ0) is 16.7. The molecule has 126 valence electrons. The van der Waals surface area contributed by atoms with Gasteiger partial charge in [0, 0.05) is 38.8 Å². The highest BCUT2D eigenvalue weighted by Crippen LogP contribution is 2.17. The van der Waals surface area contributed by atoms with Gasteiger partial charge in [-0.25, -0.2) is 0 Å². The number of rotatable bonds is 7. The Morgan fingerprint density at radius 2 is 2.04 bits per heavy atom. The Labute approximate surface area is 138 Å². The van der Waals surface area contributed by atoms with E-state index in [-0.39, 0.29) is 17.9 Å². The fourth-order valence-electron chi connectivity index (χ4n) is 3.12. The number of amides is 2. The van der Waals surface area contributed by atoms with Crippen molar-refractivity contribution in [1.29, 1.82) is 0 Å². The van der Waals surface area contributed by atoms with Crippen molar-refractivity contribution in [2.24, 2.45) is 0 Å². The van der Waals surface area contributed by atoms with E-state index in [0.29, 0.717) is 13.1 Å². The van der Waals surface area contributed by atoms with Crippen LogP contribution in [0.1, 0.15) is 33.1 Å². The third-order valence-corrected chi connectivity index (χ3v) is 4.37. The summed E-state index contributed by atoms with van der Waals surface area (Å²) in [5.74, 6) is -0.0238. The molecule has 1 aromatic rings. The SMILES string of the molecule is CCN(CCCNC(=O)C1CCCN1C(C)=O)c1ccccc1. The summed E-state index contributed by atoms with van der Waals surface area (Å²) in [5.41, 5.74) is 1.21. The summed E-state index contributed by atoms with van der Waals surface area (Å²) in [7, 11) is 0. The van der Waals surface area contributed by atoms with Crippen molar-refractivity contribution in [2.45, 2.75) is 39.2 Å². The van der Waals surface area contributed by atoms with Crippen LogP contribution in [0.4, 0.5) is 5.69 Å².